The molecule has 1 heterocycles. The van der Waals surface area contributed by atoms with E-state index in [1.165, 1.54) is 12.4 Å². The Bertz CT molecular complexity index is 339. The van der Waals surface area contributed by atoms with Crippen LogP contribution in [0, 0.1) is 12.3 Å². The van der Waals surface area contributed by atoms with E-state index in [1.54, 1.807) is 13.1 Å². The average Bonchev–Trinajstić information content (AvgIpc) is 2.17. The average molecular weight is 160 g/mol. The van der Waals surface area contributed by atoms with Gasteiger partial charge >= 0.3 is 0 Å². The third kappa shape index (κ3) is 1.61. The number of hydrogen-bond acceptors (Lipinski definition) is 2. The lowest BCUT2D eigenvalue weighted by Gasteiger charge is -1.98. The van der Waals surface area contributed by atoms with Crippen LogP contribution in [0.5, 0.6) is 0 Å². The summed E-state index contributed by atoms with van der Waals surface area (Å²) in [6.07, 6.45) is 8.14. The van der Waals surface area contributed by atoms with Crippen LogP contribution < -0.4 is 5.32 Å². The Balaban J connectivity index is 3.04. The fraction of sp³-hybridized carbons (Fsp3) is 0.111. The van der Waals surface area contributed by atoms with E-state index in [2.05, 4.69) is 16.2 Å². The predicted octanol–water partition coefficient (Wildman–Crippen LogP) is 0.422. The van der Waals surface area contributed by atoms with Gasteiger partial charge in [0.25, 0.3) is 5.91 Å². The van der Waals surface area contributed by atoms with Gasteiger partial charge in [0.2, 0.25) is 0 Å². The zero-order valence-electron chi connectivity index (χ0n) is 6.66. The first-order valence-electron chi connectivity index (χ1n) is 3.41. The topological polar surface area (TPSA) is 42.0 Å². The highest BCUT2D eigenvalue weighted by Gasteiger charge is 2.02. The Labute approximate surface area is 70.8 Å². The third-order valence-corrected chi connectivity index (χ3v) is 1.39. The fourth-order valence-electron chi connectivity index (χ4n) is 0.787. The summed E-state index contributed by atoms with van der Waals surface area (Å²) >= 11 is 0. The van der Waals surface area contributed by atoms with Crippen LogP contribution in [-0.4, -0.2) is 17.9 Å². The molecule has 60 valence electrons. The van der Waals surface area contributed by atoms with Crippen molar-refractivity contribution in [2.75, 3.05) is 7.05 Å². The molecule has 0 aromatic carbocycles. The van der Waals surface area contributed by atoms with Crippen LogP contribution in [-0.2, 0) is 0 Å². The van der Waals surface area contributed by atoms with E-state index in [9.17, 15) is 4.79 Å². The van der Waals surface area contributed by atoms with Crippen LogP contribution in [0.25, 0.3) is 0 Å². The quantitative estimate of drug-likeness (QED) is 0.605. The van der Waals surface area contributed by atoms with Gasteiger partial charge < -0.3 is 5.32 Å². The number of pyridine rings is 1. The molecular formula is C9H8N2O. The van der Waals surface area contributed by atoms with Gasteiger partial charge in [-0.05, 0) is 6.07 Å². The Hall–Kier alpha value is -1.82. The number of hydrogen-bond donors (Lipinski definition) is 1. The molecule has 0 atom stereocenters. The first-order valence-corrected chi connectivity index (χ1v) is 3.41. The Morgan fingerprint density at radius 1 is 1.67 bits per heavy atom. The molecule has 1 aromatic heterocycles. The van der Waals surface area contributed by atoms with Crippen LogP contribution in [0.2, 0.25) is 0 Å². The maximum absolute atomic E-state index is 11.1. The van der Waals surface area contributed by atoms with Gasteiger partial charge in [-0.2, -0.15) is 0 Å². The zero-order chi connectivity index (χ0) is 8.97. The molecule has 0 radical (unpaired) electrons. The summed E-state index contributed by atoms with van der Waals surface area (Å²) in [6, 6.07) is 1.62. The Morgan fingerprint density at radius 2 is 2.42 bits per heavy atom. The number of carbonyl (C=O) groups excluding carboxylic acids is 1. The van der Waals surface area contributed by atoms with Crippen molar-refractivity contribution in [3.05, 3.63) is 29.6 Å². The van der Waals surface area contributed by atoms with Crippen molar-refractivity contribution >= 4 is 5.91 Å². The van der Waals surface area contributed by atoms with E-state index in [0.717, 1.165) is 0 Å². The molecule has 0 bridgehead atoms. The van der Waals surface area contributed by atoms with E-state index in [1.807, 2.05) is 0 Å². The molecule has 0 aliphatic heterocycles. The van der Waals surface area contributed by atoms with Gasteiger partial charge in [0, 0.05) is 25.0 Å². The lowest BCUT2D eigenvalue weighted by atomic mass is 10.2. The van der Waals surface area contributed by atoms with Gasteiger partial charge in [-0.25, -0.2) is 0 Å². The first-order chi connectivity index (χ1) is 5.77. The van der Waals surface area contributed by atoms with E-state index < -0.39 is 0 Å². The van der Waals surface area contributed by atoms with Gasteiger partial charge in [-0.3, -0.25) is 9.78 Å². The summed E-state index contributed by atoms with van der Waals surface area (Å²) < 4.78 is 0. The number of aromatic nitrogens is 1. The number of nitrogens with one attached hydrogen (secondary N) is 1. The van der Waals surface area contributed by atoms with Crippen molar-refractivity contribution < 1.29 is 4.79 Å². The van der Waals surface area contributed by atoms with Crippen molar-refractivity contribution in [1.82, 2.24) is 10.3 Å². The molecule has 1 N–H and O–H groups in total. The first kappa shape index (κ1) is 8.28. The molecule has 3 heteroatoms. The zero-order valence-corrected chi connectivity index (χ0v) is 6.66. The minimum absolute atomic E-state index is 0.181. The Kier molecular flexibility index (Phi) is 2.44. The molecule has 3 nitrogen and oxygen atoms in total. The second kappa shape index (κ2) is 3.54. The molecule has 0 unspecified atom stereocenters. The monoisotopic (exact) mass is 160 g/mol. The van der Waals surface area contributed by atoms with Crippen molar-refractivity contribution in [1.29, 1.82) is 0 Å². The van der Waals surface area contributed by atoms with Gasteiger partial charge in [-0.1, -0.05) is 5.92 Å². The smallest absolute Gasteiger partial charge is 0.252 e. The van der Waals surface area contributed by atoms with Crippen molar-refractivity contribution in [3.63, 3.8) is 0 Å². The molecule has 0 saturated carbocycles. The van der Waals surface area contributed by atoms with E-state index in [4.69, 9.17) is 6.42 Å². The van der Waals surface area contributed by atoms with Crippen LogP contribution in [0.4, 0.5) is 0 Å². The van der Waals surface area contributed by atoms with Gasteiger partial charge in [0.15, 0.2) is 0 Å². The van der Waals surface area contributed by atoms with Crippen LogP contribution in [0.1, 0.15) is 15.9 Å². The molecule has 0 aliphatic carbocycles. The molecule has 0 saturated heterocycles. The molecule has 1 aromatic rings. The number of nitrogens with zero attached hydrogens (tertiary/aromatic N) is 1. The molecule has 0 fully saturated rings. The molecule has 12 heavy (non-hydrogen) atoms. The summed E-state index contributed by atoms with van der Waals surface area (Å²) in [7, 11) is 1.56. The summed E-state index contributed by atoms with van der Waals surface area (Å²) in [5.41, 5.74) is 1.09. The van der Waals surface area contributed by atoms with Crippen molar-refractivity contribution in [3.8, 4) is 12.3 Å². The standard InChI is InChI=1S/C9H8N2O/c1-3-7-4-8(6-11-5-7)9(12)10-2/h1,4-6H,2H3,(H,10,12). The van der Waals surface area contributed by atoms with E-state index in [0.29, 0.717) is 11.1 Å². The van der Waals surface area contributed by atoms with Gasteiger partial charge in [0.1, 0.15) is 0 Å². The molecule has 1 amide bonds. The third-order valence-electron chi connectivity index (χ3n) is 1.39. The summed E-state index contributed by atoms with van der Waals surface area (Å²) in [5, 5.41) is 2.49. The summed E-state index contributed by atoms with van der Waals surface area (Å²) in [6.45, 7) is 0. The largest absolute Gasteiger partial charge is 0.355 e. The normalized spacial score (nSPS) is 8.67. The molecule has 0 spiro atoms. The molecule has 1 rings (SSSR count). The predicted molar refractivity (Wildman–Crippen MR) is 45.6 cm³/mol. The highest BCUT2D eigenvalue weighted by atomic mass is 16.1. The van der Waals surface area contributed by atoms with Gasteiger partial charge in [0.05, 0.1) is 5.56 Å². The maximum atomic E-state index is 11.1. The summed E-state index contributed by atoms with van der Waals surface area (Å²) in [5.74, 6) is 2.22. The lowest BCUT2D eigenvalue weighted by Crippen LogP contribution is -2.17. The van der Waals surface area contributed by atoms with Crippen LogP contribution in [0.15, 0.2) is 18.5 Å². The van der Waals surface area contributed by atoms with Crippen LogP contribution in [0.3, 0.4) is 0 Å². The minimum Gasteiger partial charge on any atom is -0.355 e. The van der Waals surface area contributed by atoms with Crippen LogP contribution >= 0.6 is 0 Å². The highest BCUT2D eigenvalue weighted by Crippen LogP contribution is 2.00. The second-order valence-corrected chi connectivity index (χ2v) is 2.19. The number of rotatable bonds is 1. The highest BCUT2D eigenvalue weighted by molar-refractivity contribution is 5.93. The minimum atomic E-state index is -0.181. The Morgan fingerprint density at radius 3 is 3.00 bits per heavy atom. The lowest BCUT2D eigenvalue weighted by molar-refractivity contribution is 0.0962. The van der Waals surface area contributed by atoms with Gasteiger partial charge in [-0.15, -0.1) is 6.42 Å². The van der Waals surface area contributed by atoms with E-state index in [-0.39, 0.29) is 5.91 Å². The number of carbonyl (C=O) groups is 1. The number of amides is 1. The maximum Gasteiger partial charge on any atom is 0.252 e. The van der Waals surface area contributed by atoms with E-state index >= 15 is 0 Å². The second-order valence-electron chi connectivity index (χ2n) is 2.19. The SMILES string of the molecule is C#Cc1cncc(C(=O)NC)c1. The number of terminal acetylenes is 1. The molecular weight excluding hydrogens is 152 g/mol. The van der Waals surface area contributed by atoms with Crippen molar-refractivity contribution in [2.45, 2.75) is 0 Å². The fourth-order valence-corrected chi connectivity index (χ4v) is 0.787. The molecule has 0 aliphatic rings. The summed E-state index contributed by atoms with van der Waals surface area (Å²) in [4.78, 5) is 14.9. The van der Waals surface area contributed by atoms with Crippen molar-refractivity contribution in [2.24, 2.45) is 0 Å².